The number of para-hydroxylation sites is 1. The monoisotopic (exact) mass is 359 g/mol. The van der Waals surface area contributed by atoms with Crippen LogP contribution in [0.15, 0.2) is 72.1 Å². The SMILES string of the molecule is Oc1ccc(O)c(C2=NN3[C@H](C2)c2ccccc2O[C@H]3c2ccncc2)c1. The zero-order chi connectivity index (χ0) is 18.4. The average molecular weight is 359 g/mol. The molecule has 6 nitrogen and oxygen atoms in total. The molecule has 0 bridgehead atoms. The van der Waals surface area contributed by atoms with Gasteiger partial charge in [0.15, 0.2) is 0 Å². The normalized spacial score (nSPS) is 20.4. The highest BCUT2D eigenvalue weighted by atomic mass is 16.5. The first-order valence-electron chi connectivity index (χ1n) is 8.74. The van der Waals surface area contributed by atoms with E-state index in [2.05, 4.69) is 4.98 Å². The minimum atomic E-state index is -0.384. The third kappa shape index (κ3) is 2.57. The minimum Gasteiger partial charge on any atom is -0.508 e. The Morgan fingerprint density at radius 1 is 1.00 bits per heavy atom. The van der Waals surface area contributed by atoms with Crippen LogP contribution in [-0.4, -0.2) is 25.9 Å². The van der Waals surface area contributed by atoms with E-state index in [9.17, 15) is 10.2 Å². The molecule has 2 aliphatic heterocycles. The molecule has 1 aromatic heterocycles. The van der Waals surface area contributed by atoms with Crippen LogP contribution in [0.2, 0.25) is 0 Å². The summed E-state index contributed by atoms with van der Waals surface area (Å²) in [5.41, 5.74) is 3.26. The van der Waals surface area contributed by atoms with Crippen LogP contribution in [0.1, 0.15) is 35.4 Å². The number of phenolic OH excluding ortho intramolecular Hbond substituents is 2. The van der Waals surface area contributed by atoms with Crippen molar-refractivity contribution >= 4 is 5.71 Å². The molecule has 0 saturated carbocycles. The second-order valence-corrected chi connectivity index (χ2v) is 6.64. The number of nitrogens with zero attached hydrogens (tertiary/aromatic N) is 3. The predicted octanol–water partition coefficient (Wildman–Crippen LogP) is 3.74. The first kappa shape index (κ1) is 15.7. The highest BCUT2D eigenvalue weighted by molar-refractivity contribution is 6.04. The lowest BCUT2D eigenvalue weighted by Gasteiger charge is -2.38. The second-order valence-electron chi connectivity index (χ2n) is 6.64. The maximum absolute atomic E-state index is 10.3. The van der Waals surface area contributed by atoms with Crippen molar-refractivity contribution in [1.82, 2.24) is 9.99 Å². The molecule has 0 fully saturated rings. The summed E-state index contributed by atoms with van der Waals surface area (Å²) in [6, 6.07) is 16.2. The van der Waals surface area contributed by atoms with Crippen LogP contribution >= 0.6 is 0 Å². The number of fused-ring (bicyclic) bond motifs is 3. The highest BCUT2D eigenvalue weighted by Gasteiger charge is 2.41. The molecule has 3 aromatic rings. The van der Waals surface area contributed by atoms with Gasteiger partial charge in [-0.15, -0.1) is 0 Å². The number of benzene rings is 2. The van der Waals surface area contributed by atoms with Crippen molar-refractivity contribution < 1.29 is 14.9 Å². The molecule has 0 saturated heterocycles. The Morgan fingerprint density at radius 3 is 2.67 bits per heavy atom. The van der Waals surface area contributed by atoms with Gasteiger partial charge in [0, 0.05) is 35.5 Å². The Labute approximate surface area is 156 Å². The molecular formula is C21H17N3O3. The van der Waals surface area contributed by atoms with Gasteiger partial charge >= 0.3 is 0 Å². The summed E-state index contributed by atoms with van der Waals surface area (Å²) in [4.78, 5) is 4.08. The third-order valence-corrected chi connectivity index (χ3v) is 4.98. The Bertz CT molecular complexity index is 1040. The molecule has 0 spiro atoms. The van der Waals surface area contributed by atoms with Crippen molar-refractivity contribution in [3.63, 3.8) is 0 Å². The molecule has 27 heavy (non-hydrogen) atoms. The van der Waals surface area contributed by atoms with Gasteiger partial charge in [0.05, 0.1) is 11.8 Å². The molecule has 2 aromatic carbocycles. The van der Waals surface area contributed by atoms with Crippen LogP contribution in [0.3, 0.4) is 0 Å². The van der Waals surface area contributed by atoms with E-state index in [0.717, 1.165) is 16.9 Å². The van der Waals surface area contributed by atoms with Crippen LogP contribution in [0, 0.1) is 0 Å². The number of rotatable bonds is 2. The number of pyridine rings is 1. The standard InChI is InChI=1S/C21H17N3O3/c25-14-5-6-19(26)16(11-14)17-12-18-15-3-1-2-4-20(15)27-21(24(18)23-17)13-7-9-22-10-8-13/h1-11,18,21,25-26H,12H2/t18-,21+/m1/s1. The Balaban J connectivity index is 1.62. The summed E-state index contributed by atoms with van der Waals surface area (Å²) in [7, 11) is 0. The summed E-state index contributed by atoms with van der Waals surface area (Å²) in [5.74, 6) is 1.02. The number of aromatic hydroxyl groups is 2. The van der Waals surface area contributed by atoms with Gasteiger partial charge in [0.25, 0.3) is 0 Å². The van der Waals surface area contributed by atoms with Crippen molar-refractivity contribution in [2.24, 2.45) is 5.10 Å². The summed E-state index contributed by atoms with van der Waals surface area (Å²) >= 11 is 0. The Hall–Kier alpha value is -3.54. The van der Waals surface area contributed by atoms with Crippen LogP contribution in [0.4, 0.5) is 0 Å². The van der Waals surface area contributed by atoms with E-state index in [0.29, 0.717) is 17.7 Å². The van der Waals surface area contributed by atoms with E-state index in [4.69, 9.17) is 9.84 Å². The minimum absolute atomic E-state index is 0.00938. The summed E-state index contributed by atoms with van der Waals surface area (Å²) in [5, 5.41) is 26.8. The van der Waals surface area contributed by atoms with E-state index in [1.807, 2.05) is 41.4 Å². The molecular weight excluding hydrogens is 342 g/mol. The molecule has 0 radical (unpaired) electrons. The van der Waals surface area contributed by atoms with Gasteiger partial charge in [0.2, 0.25) is 6.23 Å². The fraction of sp³-hybridized carbons (Fsp3) is 0.143. The lowest BCUT2D eigenvalue weighted by Crippen LogP contribution is -2.33. The molecule has 6 heteroatoms. The van der Waals surface area contributed by atoms with E-state index in [1.54, 1.807) is 18.5 Å². The second kappa shape index (κ2) is 6.02. The number of hydrogen-bond acceptors (Lipinski definition) is 6. The van der Waals surface area contributed by atoms with Crippen molar-refractivity contribution in [3.8, 4) is 17.2 Å². The van der Waals surface area contributed by atoms with E-state index >= 15 is 0 Å². The largest absolute Gasteiger partial charge is 0.508 e. The van der Waals surface area contributed by atoms with Gasteiger partial charge in [-0.05, 0) is 36.4 Å². The number of hydrazone groups is 1. The van der Waals surface area contributed by atoms with Crippen molar-refractivity contribution in [2.45, 2.75) is 18.7 Å². The van der Waals surface area contributed by atoms with Gasteiger partial charge in [-0.1, -0.05) is 18.2 Å². The van der Waals surface area contributed by atoms with Crippen LogP contribution in [0.5, 0.6) is 17.2 Å². The molecule has 2 N–H and O–H groups in total. The fourth-order valence-electron chi connectivity index (χ4n) is 3.70. The summed E-state index contributed by atoms with van der Waals surface area (Å²) < 4.78 is 6.25. The number of ether oxygens (including phenoxy) is 1. The van der Waals surface area contributed by atoms with E-state index in [1.165, 1.54) is 12.1 Å². The molecule has 2 atom stereocenters. The molecule has 5 rings (SSSR count). The van der Waals surface area contributed by atoms with Crippen molar-refractivity contribution in [1.29, 1.82) is 0 Å². The topological polar surface area (TPSA) is 78.2 Å². The average Bonchev–Trinajstić information content (AvgIpc) is 3.15. The lowest BCUT2D eigenvalue weighted by atomic mass is 9.95. The quantitative estimate of drug-likeness (QED) is 0.682. The van der Waals surface area contributed by atoms with E-state index < -0.39 is 0 Å². The number of phenols is 2. The lowest BCUT2D eigenvalue weighted by molar-refractivity contribution is -0.0190. The van der Waals surface area contributed by atoms with Gasteiger partial charge in [0.1, 0.15) is 17.2 Å². The molecule has 3 heterocycles. The smallest absolute Gasteiger partial charge is 0.213 e. The van der Waals surface area contributed by atoms with Gasteiger partial charge in [-0.25, -0.2) is 5.01 Å². The van der Waals surface area contributed by atoms with Gasteiger partial charge < -0.3 is 14.9 Å². The Morgan fingerprint density at radius 2 is 1.81 bits per heavy atom. The van der Waals surface area contributed by atoms with Crippen LogP contribution in [0.25, 0.3) is 0 Å². The molecule has 2 aliphatic rings. The van der Waals surface area contributed by atoms with E-state index in [-0.39, 0.29) is 23.8 Å². The summed E-state index contributed by atoms with van der Waals surface area (Å²) in [6.45, 7) is 0. The predicted molar refractivity (Wildman–Crippen MR) is 99.6 cm³/mol. The zero-order valence-corrected chi connectivity index (χ0v) is 14.4. The maximum atomic E-state index is 10.3. The van der Waals surface area contributed by atoms with Crippen molar-refractivity contribution in [3.05, 3.63) is 83.7 Å². The molecule has 0 amide bonds. The fourth-order valence-corrected chi connectivity index (χ4v) is 3.70. The maximum Gasteiger partial charge on any atom is 0.213 e. The third-order valence-electron chi connectivity index (χ3n) is 4.98. The number of aromatic nitrogens is 1. The van der Waals surface area contributed by atoms with Crippen LogP contribution in [-0.2, 0) is 0 Å². The zero-order valence-electron chi connectivity index (χ0n) is 14.4. The molecule has 0 unspecified atom stereocenters. The van der Waals surface area contributed by atoms with Crippen molar-refractivity contribution in [2.75, 3.05) is 0 Å². The first-order valence-corrected chi connectivity index (χ1v) is 8.74. The number of hydrogen-bond donors (Lipinski definition) is 2. The highest BCUT2D eigenvalue weighted by Crippen LogP contribution is 2.47. The van der Waals surface area contributed by atoms with Gasteiger partial charge in [-0.3, -0.25) is 4.98 Å². The van der Waals surface area contributed by atoms with Gasteiger partial charge in [-0.2, -0.15) is 5.10 Å². The molecule has 0 aliphatic carbocycles. The molecule has 134 valence electrons. The van der Waals surface area contributed by atoms with Crippen LogP contribution < -0.4 is 4.74 Å². The summed E-state index contributed by atoms with van der Waals surface area (Å²) in [6.07, 6.45) is 3.69. The Kier molecular flexibility index (Phi) is 3.50. The first-order chi connectivity index (χ1) is 13.2.